The van der Waals surface area contributed by atoms with Crippen LogP contribution in [0.15, 0.2) is 0 Å². The van der Waals surface area contributed by atoms with E-state index in [0.717, 1.165) is 0 Å². The number of aldehydes is 1. The Balaban J connectivity index is 2.77. The van der Waals surface area contributed by atoms with Gasteiger partial charge in [-0.2, -0.15) is 0 Å². The van der Waals surface area contributed by atoms with Gasteiger partial charge in [-0.05, 0) is 13.8 Å². The quantitative estimate of drug-likeness (QED) is 0.443. The standard InChI is InChI=1S/C9H14N2O3/c1-3-11-7(2)6-10(4-5-12)8(13)9(11)14/h5,7H,3-4,6H2,1-2H3. The Morgan fingerprint density at radius 1 is 1.43 bits per heavy atom. The van der Waals surface area contributed by atoms with Crippen molar-refractivity contribution in [2.45, 2.75) is 19.9 Å². The molecule has 0 aromatic rings. The van der Waals surface area contributed by atoms with E-state index in [-0.39, 0.29) is 12.6 Å². The third-order valence-corrected chi connectivity index (χ3v) is 2.38. The highest BCUT2D eigenvalue weighted by Gasteiger charge is 2.35. The van der Waals surface area contributed by atoms with Gasteiger partial charge in [0.1, 0.15) is 6.29 Å². The number of nitrogens with zero attached hydrogens (tertiary/aromatic N) is 2. The lowest BCUT2D eigenvalue weighted by Crippen LogP contribution is -2.58. The fourth-order valence-electron chi connectivity index (χ4n) is 1.66. The van der Waals surface area contributed by atoms with Crippen molar-refractivity contribution in [1.82, 2.24) is 9.80 Å². The highest BCUT2D eigenvalue weighted by atomic mass is 16.2. The van der Waals surface area contributed by atoms with Crippen molar-refractivity contribution >= 4 is 18.1 Å². The average molecular weight is 198 g/mol. The summed E-state index contributed by atoms with van der Waals surface area (Å²) in [6.07, 6.45) is 0.638. The Bertz CT molecular complexity index is 265. The molecule has 1 rings (SSSR count). The van der Waals surface area contributed by atoms with Gasteiger partial charge in [0.2, 0.25) is 0 Å². The zero-order valence-electron chi connectivity index (χ0n) is 8.40. The normalized spacial score (nSPS) is 22.9. The summed E-state index contributed by atoms with van der Waals surface area (Å²) in [6.45, 7) is 4.67. The Labute approximate surface area is 82.7 Å². The van der Waals surface area contributed by atoms with Crippen molar-refractivity contribution in [2.75, 3.05) is 19.6 Å². The summed E-state index contributed by atoms with van der Waals surface area (Å²) in [6, 6.07) is -0.00912. The molecule has 1 fully saturated rings. The molecule has 0 aromatic heterocycles. The molecule has 1 unspecified atom stereocenters. The molecule has 78 valence electrons. The summed E-state index contributed by atoms with van der Waals surface area (Å²) in [5.74, 6) is -1.08. The number of hydrogen-bond acceptors (Lipinski definition) is 3. The van der Waals surface area contributed by atoms with Gasteiger partial charge in [-0.15, -0.1) is 0 Å². The Morgan fingerprint density at radius 2 is 2.07 bits per heavy atom. The van der Waals surface area contributed by atoms with E-state index in [0.29, 0.717) is 19.4 Å². The van der Waals surface area contributed by atoms with Crippen molar-refractivity contribution < 1.29 is 14.4 Å². The molecule has 0 saturated carbocycles. The van der Waals surface area contributed by atoms with Crippen LogP contribution >= 0.6 is 0 Å². The molecule has 0 bridgehead atoms. The summed E-state index contributed by atoms with van der Waals surface area (Å²) in [5, 5.41) is 0. The minimum absolute atomic E-state index is 0.00642. The minimum Gasteiger partial charge on any atom is -0.330 e. The summed E-state index contributed by atoms with van der Waals surface area (Å²) >= 11 is 0. The van der Waals surface area contributed by atoms with E-state index in [2.05, 4.69) is 0 Å². The fraction of sp³-hybridized carbons (Fsp3) is 0.667. The molecule has 1 atom stereocenters. The molecule has 14 heavy (non-hydrogen) atoms. The lowest BCUT2D eigenvalue weighted by Gasteiger charge is -2.37. The molecular weight excluding hydrogens is 184 g/mol. The average Bonchev–Trinajstić information content (AvgIpc) is 2.15. The summed E-state index contributed by atoms with van der Waals surface area (Å²) in [7, 11) is 0. The van der Waals surface area contributed by atoms with Gasteiger partial charge in [0.25, 0.3) is 0 Å². The van der Waals surface area contributed by atoms with E-state index in [9.17, 15) is 14.4 Å². The number of carbonyl (C=O) groups is 3. The lowest BCUT2D eigenvalue weighted by atomic mass is 10.2. The zero-order valence-corrected chi connectivity index (χ0v) is 8.40. The first kappa shape index (κ1) is 10.7. The number of piperazine rings is 1. The van der Waals surface area contributed by atoms with Gasteiger partial charge in [-0.1, -0.05) is 0 Å². The Morgan fingerprint density at radius 3 is 2.57 bits per heavy atom. The van der Waals surface area contributed by atoms with Gasteiger partial charge in [-0.25, -0.2) is 0 Å². The maximum absolute atomic E-state index is 11.5. The van der Waals surface area contributed by atoms with Crippen LogP contribution in [0.1, 0.15) is 13.8 Å². The molecular formula is C9H14N2O3. The first-order chi connectivity index (χ1) is 6.61. The van der Waals surface area contributed by atoms with Crippen LogP contribution in [0.3, 0.4) is 0 Å². The van der Waals surface area contributed by atoms with Crippen LogP contribution < -0.4 is 0 Å². The Hall–Kier alpha value is -1.39. The summed E-state index contributed by atoms with van der Waals surface area (Å²) < 4.78 is 0. The lowest BCUT2D eigenvalue weighted by molar-refractivity contribution is -0.158. The van der Waals surface area contributed by atoms with Crippen LogP contribution in [0.4, 0.5) is 0 Å². The second-order valence-corrected chi connectivity index (χ2v) is 3.32. The number of amides is 2. The maximum atomic E-state index is 11.5. The summed E-state index contributed by atoms with van der Waals surface area (Å²) in [4.78, 5) is 35.9. The molecule has 0 aromatic carbocycles. The van der Waals surface area contributed by atoms with E-state index < -0.39 is 11.8 Å². The van der Waals surface area contributed by atoms with Gasteiger partial charge in [0, 0.05) is 19.1 Å². The molecule has 1 heterocycles. The number of carbonyl (C=O) groups excluding carboxylic acids is 3. The first-order valence-corrected chi connectivity index (χ1v) is 4.65. The van der Waals surface area contributed by atoms with E-state index in [1.807, 2.05) is 13.8 Å². The van der Waals surface area contributed by atoms with E-state index in [4.69, 9.17) is 0 Å². The molecule has 1 aliphatic rings. The highest BCUT2D eigenvalue weighted by Crippen LogP contribution is 2.10. The van der Waals surface area contributed by atoms with Crippen LogP contribution in [-0.2, 0) is 14.4 Å². The van der Waals surface area contributed by atoms with Crippen LogP contribution in [0.5, 0.6) is 0 Å². The molecule has 5 nitrogen and oxygen atoms in total. The SMILES string of the molecule is CCN1C(=O)C(=O)N(CC=O)CC1C. The predicted octanol–water partition coefficient (Wildman–Crippen LogP) is -0.735. The monoisotopic (exact) mass is 198 g/mol. The van der Waals surface area contributed by atoms with E-state index in [1.54, 1.807) is 0 Å². The smallest absolute Gasteiger partial charge is 0.312 e. The molecule has 0 aliphatic carbocycles. The molecule has 2 amide bonds. The molecule has 1 aliphatic heterocycles. The molecule has 1 saturated heterocycles. The van der Waals surface area contributed by atoms with Gasteiger partial charge in [-0.3, -0.25) is 9.59 Å². The second kappa shape index (κ2) is 4.21. The van der Waals surface area contributed by atoms with Crippen LogP contribution in [0.2, 0.25) is 0 Å². The van der Waals surface area contributed by atoms with Crippen LogP contribution in [-0.4, -0.2) is 53.6 Å². The summed E-state index contributed by atoms with van der Waals surface area (Å²) in [5.41, 5.74) is 0. The van der Waals surface area contributed by atoms with Gasteiger partial charge in [0.15, 0.2) is 0 Å². The third kappa shape index (κ3) is 1.76. The van der Waals surface area contributed by atoms with Gasteiger partial charge >= 0.3 is 11.8 Å². The topological polar surface area (TPSA) is 57.7 Å². The van der Waals surface area contributed by atoms with Crippen molar-refractivity contribution in [3.05, 3.63) is 0 Å². The second-order valence-electron chi connectivity index (χ2n) is 3.32. The number of hydrogen-bond donors (Lipinski definition) is 0. The van der Waals surface area contributed by atoms with E-state index in [1.165, 1.54) is 9.80 Å². The molecule has 0 N–H and O–H groups in total. The zero-order chi connectivity index (χ0) is 10.7. The fourth-order valence-corrected chi connectivity index (χ4v) is 1.66. The molecule has 0 radical (unpaired) electrons. The van der Waals surface area contributed by atoms with Crippen molar-refractivity contribution in [3.63, 3.8) is 0 Å². The van der Waals surface area contributed by atoms with E-state index >= 15 is 0 Å². The third-order valence-electron chi connectivity index (χ3n) is 2.38. The van der Waals surface area contributed by atoms with Crippen LogP contribution in [0, 0.1) is 0 Å². The number of likely N-dealkylation sites (N-methyl/N-ethyl adjacent to an activating group) is 1. The minimum atomic E-state index is -0.572. The van der Waals surface area contributed by atoms with Crippen molar-refractivity contribution in [2.24, 2.45) is 0 Å². The van der Waals surface area contributed by atoms with Crippen molar-refractivity contribution in [3.8, 4) is 0 Å². The molecule has 0 spiro atoms. The van der Waals surface area contributed by atoms with Crippen molar-refractivity contribution in [1.29, 1.82) is 0 Å². The highest BCUT2D eigenvalue weighted by molar-refractivity contribution is 6.35. The first-order valence-electron chi connectivity index (χ1n) is 4.65. The van der Waals surface area contributed by atoms with Gasteiger partial charge in [0.05, 0.1) is 6.54 Å². The predicted molar refractivity (Wildman–Crippen MR) is 49.5 cm³/mol. The largest absolute Gasteiger partial charge is 0.330 e. The van der Waals surface area contributed by atoms with Crippen LogP contribution in [0.25, 0.3) is 0 Å². The Kier molecular flexibility index (Phi) is 3.22. The maximum Gasteiger partial charge on any atom is 0.312 e. The van der Waals surface area contributed by atoms with Gasteiger partial charge < -0.3 is 14.6 Å². The molecule has 5 heteroatoms. The number of rotatable bonds is 3.